The van der Waals surface area contributed by atoms with Crippen molar-refractivity contribution < 1.29 is 9.18 Å². The Morgan fingerprint density at radius 2 is 2.00 bits per heavy atom. The van der Waals surface area contributed by atoms with Crippen LogP contribution in [0.25, 0.3) is 0 Å². The molecule has 0 unspecified atom stereocenters. The third-order valence-corrected chi connectivity index (χ3v) is 4.29. The minimum atomic E-state index is -0.312. The number of hydrogen-bond acceptors (Lipinski definition) is 2. The molecule has 4 heteroatoms. The predicted molar refractivity (Wildman–Crippen MR) is 91.3 cm³/mol. The molecule has 0 spiro atoms. The van der Waals surface area contributed by atoms with Gasteiger partial charge in [-0.2, -0.15) is 0 Å². The van der Waals surface area contributed by atoms with Crippen LogP contribution in [0.1, 0.15) is 29.5 Å². The predicted octanol–water partition coefficient (Wildman–Crippen LogP) is 4.06. The Kier molecular flexibility index (Phi) is 4.60. The topological polar surface area (TPSA) is 41.1 Å². The molecule has 3 nitrogen and oxygen atoms in total. The molecule has 0 bridgehead atoms. The number of carbonyl (C=O) groups excluding carboxylic acids is 1. The Morgan fingerprint density at radius 3 is 2.83 bits per heavy atom. The molecule has 0 heterocycles. The fraction of sp³-hybridized carbons (Fsp3) is 0.316. The molecule has 2 aromatic carbocycles. The van der Waals surface area contributed by atoms with Gasteiger partial charge < -0.3 is 10.6 Å². The number of aryl methyl sites for hydroxylation is 2. The number of anilines is 2. The first-order valence-electron chi connectivity index (χ1n) is 8.04. The summed E-state index contributed by atoms with van der Waals surface area (Å²) in [4.78, 5) is 12.1. The second-order valence-corrected chi connectivity index (χ2v) is 6.02. The van der Waals surface area contributed by atoms with Crippen LogP contribution in [0.4, 0.5) is 15.8 Å². The average Bonchev–Trinajstić information content (AvgIpc) is 2.56. The van der Waals surface area contributed by atoms with E-state index in [1.165, 1.54) is 30.0 Å². The van der Waals surface area contributed by atoms with Crippen LogP contribution < -0.4 is 10.6 Å². The molecule has 1 aliphatic carbocycles. The minimum absolute atomic E-state index is 0.173. The highest BCUT2D eigenvalue weighted by molar-refractivity contribution is 5.93. The second kappa shape index (κ2) is 6.82. The van der Waals surface area contributed by atoms with E-state index in [0.29, 0.717) is 11.3 Å². The van der Waals surface area contributed by atoms with Crippen molar-refractivity contribution in [2.45, 2.75) is 32.6 Å². The van der Waals surface area contributed by atoms with Gasteiger partial charge in [-0.3, -0.25) is 4.79 Å². The Labute approximate surface area is 135 Å². The van der Waals surface area contributed by atoms with Crippen LogP contribution in [0, 0.1) is 12.7 Å². The molecule has 0 radical (unpaired) electrons. The Bertz CT molecular complexity index is 727. The molecule has 0 aliphatic heterocycles. The number of fused-ring (bicyclic) bond motifs is 1. The van der Waals surface area contributed by atoms with Crippen LogP contribution in [-0.2, 0) is 17.6 Å². The van der Waals surface area contributed by atoms with Crippen LogP contribution >= 0.6 is 0 Å². The number of carbonyl (C=O) groups is 1. The van der Waals surface area contributed by atoms with E-state index in [9.17, 15) is 9.18 Å². The van der Waals surface area contributed by atoms with Crippen LogP contribution in [0.2, 0.25) is 0 Å². The van der Waals surface area contributed by atoms with E-state index in [0.717, 1.165) is 18.5 Å². The third-order valence-electron chi connectivity index (χ3n) is 4.29. The van der Waals surface area contributed by atoms with Gasteiger partial charge in [0.05, 0.1) is 6.54 Å². The van der Waals surface area contributed by atoms with E-state index in [1.54, 1.807) is 19.1 Å². The van der Waals surface area contributed by atoms with Gasteiger partial charge in [-0.05, 0) is 67.5 Å². The first-order chi connectivity index (χ1) is 11.1. The highest BCUT2D eigenvalue weighted by atomic mass is 19.1. The summed E-state index contributed by atoms with van der Waals surface area (Å²) in [7, 11) is 0. The molecule has 2 aromatic rings. The van der Waals surface area contributed by atoms with Gasteiger partial charge in [0.25, 0.3) is 0 Å². The Hall–Kier alpha value is -2.36. The monoisotopic (exact) mass is 312 g/mol. The van der Waals surface area contributed by atoms with E-state index < -0.39 is 0 Å². The second-order valence-electron chi connectivity index (χ2n) is 6.02. The van der Waals surface area contributed by atoms with Gasteiger partial charge in [-0.15, -0.1) is 0 Å². The quantitative estimate of drug-likeness (QED) is 0.894. The van der Waals surface area contributed by atoms with Crippen molar-refractivity contribution in [3.05, 3.63) is 58.9 Å². The Balaban J connectivity index is 1.62. The van der Waals surface area contributed by atoms with Gasteiger partial charge in [0, 0.05) is 11.4 Å². The normalized spacial score (nSPS) is 13.3. The fourth-order valence-corrected chi connectivity index (χ4v) is 3.00. The molecule has 0 saturated heterocycles. The zero-order valence-electron chi connectivity index (χ0n) is 13.3. The molecule has 2 N–H and O–H groups in total. The summed E-state index contributed by atoms with van der Waals surface area (Å²) in [5.74, 6) is -0.491. The highest BCUT2D eigenvalue weighted by Gasteiger charge is 2.13. The smallest absolute Gasteiger partial charge is 0.243 e. The first kappa shape index (κ1) is 15.5. The van der Waals surface area contributed by atoms with Crippen molar-refractivity contribution in [2.75, 3.05) is 17.2 Å². The maximum absolute atomic E-state index is 13.5. The Morgan fingerprint density at radius 1 is 1.17 bits per heavy atom. The average molecular weight is 312 g/mol. The molecule has 1 aliphatic rings. The zero-order chi connectivity index (χ0) is 16.2. The molecule has 0 saturated carbocycles. The van der Waals surface area contributed by atoms with Gasteiger partial charge >= 0.3 is 0 Å². The highest BCUT2D eigenvalue weighted by Crippen LogP contribution is 2.27. The van der Waals surface area contributed by atoms with Crippen LogP contribution in [-0.4, -0.2) is 12.5 Å². The van der Waals surface area contributed by atoms with Crippen molar-refractivity contribution in [1.82, 2.24) is 0 Å². The molecule has 0 aromatic heterocycles. The zero-order valence-corrected chi connectivity index (χ0v) is 13.3. The maximum atomic E-state index is 13.5. The fourth-order valence-electron chi connectivity index (χ4n) is 3.00. The number of benzene rings is 2. The number of nitrogens with one attached hydrogen (secondary N) is 2. The molecule has 0 atom stereocenters. The molecule has 23 heavy (non-hydrogen) atoms. The maximum Gasteiger partial charge on any atom is 0.243 e. The molecule has 120 valence electrons. The third kappa shape index (κ3) is 3.70. The summed E-state index contributed by atoms with van der Waals surface area (Å²) in [6.45, 7) is 1.87. The van der Waals surface area contributed by atoms with Crippen LogP contribution in [0.3, 0.4) is 0 Å². The molecular formula is C19H21FN2O. The lowest BCUT2D eigenvalue weighted by molar-refractivity contribution is -0.114. The summed E-state index contributed by atoms with van der Waals surface area (Å²) in [6.07, 6.45) is 4.60. The van der Waals surface area contributed by atoms with Crippen LogP contribution in [0.5, 0.6) is 0 Å². The van der Waals surface area contributed by atoms with E-state index in [-0.39, 0.29) is 18.3 Å². The largest absolute Gasteiger partial charge is 0.376 e. The number of amides is 1. The first-order valence-corrected chi connectivity index (χ1v) is 8.04. The summed E-state index contributed by atoms with van der Waals surface area (Å²) in [6, 6.07) is 10.9. The lowest BCUT2D eigenvalue weighted by Gasteiger charge is -2.20. The van der Waals surface area contributed by atoms with E-state index >= 15 is 0 Å². The SMILES string of the molecule is Cc1ccc(NC(=O)CNc2cccc3c2CCCC3)cc1F. The number of rotatable bonds is 4. The van der Waals surface area contributed by atoms with Crippen LogP contribution in [0.15, 0.2) is 36.4 Å². The lowest BCUT2D eigenvalue weighted by atomic mass is 9.90. The molecule has 1 amide bonds. The summed E-state index contributed by atoms with van der Waals surface area (Å²) in [5.41, 5.74) is 4.79. The van der Waals surface area contributed by atoms with Gasteiger partial charge in [-0.1, -0.05) is 18.2 Å². The number of hydrogen-bond donors (Lipinski definition) is 2. The van der Waals surface area contributed by atoms with E-state index in [2.05, 4.69) is 16.7 Å². The summed E-state index contributed by atoms with van der Waals surface area (Å²) < 4.78 is 13.5. The lowest BCUT2D eigenvalue weighted by Crippen LogP contribution is -2.22. The van der Waals surface area contributed by atoms with Gasteiger partial charge in [0.15, 0.2) is 0 Å². The van der Waals surface area contributed by atoms with Crippen molar-refractivity contribution >= 4 is 17.3 Å². The van der Waals surface area contributed by atoms with Gasteiger partial charge in [0.1, 0.15) is 5.82 Å². The van der Waals surface area contributed by atoms with Crippen molar-refractivity contribution in [3.63, 3.8) is 0 Å². The molecule has 3 rings (SSSR count). The van der Waals surface area contributed by atoms with Gasteiger partial charge in [0.2, 0.25) is 5.91 Å². The van der Waals surface area contributed by atoms with Gasteiger partial charge in [-0.25, -0.2) is 4.39 Å². The molecular weight excluding hydrogens is 291 g/mol. The molecule has 0 fully saturated rings. The number of halogens is 1. The van der Waals surface area contributed by atoms with Crippen molar-refractivity contribution in [1.29, 1.82) is 0 Å². The summed E-state index contributed by atoms with van der Waals surface area (Å²) >= 11 is 0. The van der Waals surface area contributed by atoms with Crippen molar-refractivity contribution in [2.24, 2.45) is 0 Å². The standard InChI is InChI=1S/C19H21FN2O/c1-13-9-10-15(11-17(13)20)22-19(23)12-21-18-8-4-6-14-5-2-3-7-16(14)18/h4,6,8-11,21H,2-3,5,7,12H2,1H3,(H,22,23). The minimum Gasteiger partial charge on any atom is -0.376 e. The van der Waals surface area contributed by atoms with E-state index in [1.807, 2.05) is 12.1 Å². The van der Waals surface area contributed by atoms with E-state index in [4.69, 9.17) is 0 Å². The van der Waals surface area contributed by atoms with Crippen molar-refractivity contribution in [3.8, 4) is 0 Å². The summed E-state index contributed by atoms with van der Waals surface area (Å²) in [5, 5.41) is 5.93.